The third-order valence-electron chi connectivity index (χ3n) is 4.63. The van der Waals surface area contributed by atoms with Crippen LogP contribution in [0.2, 0.25) is 0 Å². The Hall–Kier alpha value is -3.28. The number of hydrogen-bond donors (Lipinski definition) is 1. The van der Waals surface area contributed by atoms with Crippen molar-refractivity contribution in [2.24, 2.45) is 0 Å². The summed E-state index contributed by atoms with van der Waals surface area (Å²) in [6.45, 7) is 0. The molecule has 0 bridgehead atoms. The standard InChI is InChI=1S/C20H18N2O4/c1-22-15-8-7-14(10-12(15)6-9-18(22)23)21-20(24)17-11-13-4-3-5-16(25-2)19(13)26-17/h3-5,7-8,10-11H,6,9H2,1-2H3,(H,21,24). The number of methoxy groups -OCH3 is 1. The molecule has 6 heteroatoms. The highest BCUT2D eigenvalue weighted by Gasteiger charge is 2.21. The molecule has 0 atom stereocenters. The molecule has 0 saturated carbocycles. The molecule has 26 heavy (non-hydrogen) atoms. The van der Waals surface area contributed by atoms with Gasteiger partial charge in [-0.15, -0.1) is 0 Å². The highest BCUT2D eigenvalue weighted by atomic mass is 16.5. The Kier molecular flexibility index (Phi) is 3.88. The van der Waals surface area contributed by atoms with Crippen molar-refractivity contribution in [1.29, 1.82) is 0 Å². The average Bonchev–Trinajstić information content (AvgIpc) is 3.09. The molecular weight excluding hydrogens is 332 g/mol. The first-order valence-electron chi connectivity index (χ1n) is 8.34. The van der Waals surface area contributed by atoms with E-state index in [4.69, 9.17) is 9.15 Å². The summed E-state index contributed by atoms with van der Waals surface area (Å²) in [7, 11) is 3.33. The Bertz CT molecular complexity index is 1020. The van der Waals surface area contributed by atoms with Gasteiger partial charge in [0.05, 0.1) is 7.11 Å². The first-order valence-corrected chi connectivity index (χ1v) is 8.34. The molecule has 132 valence electrons. The van der Waals surface area contributed by atoms with Crippen molar-refractivity contribution in [3.8, 4) is 5.75 Å². The van der Waals surface area contributed by atoms with Gasteiger partial charge in [-0.2, -0.15) is 0 Å². The van der Waals surface area contributed by atoms with Crippen molar-refractivity contribution in [3.63, 3.8) is 0 Å². The number of carbonyl (C=O) groups is 2. The zero-order valence-corrected chi connectivity index (χ0v) is 14.5. The molecule has 1 aromatic heterocycles. The van der Waals surface area contributed by atoms with Crippen molar-refractivity contribution in [2.45, 2.75) is 12.8 Å². The van der Waals surface area contributed by atoms with Crippen LogP contribution in [-0.4, -0.2) is 26.0 Å². The maximum atomic E-state index is 12.6. The van der Waals surface area contributed by atoms with Crippen LogP contribution in [0.25, 0.3) is 11.0 Å². The van der Waals surface area contributed by atoms with E-state index in [0.29, 0.717) is 29.9 Å². The quantitative estimate of drug-likeness (QED) is 0.783. The van der Waals surface area contributed by atoms with E-state index in [1.54, 1.807) is 37.3 Å². The minimum absolute atomic E-state index is 0.102. The normalized spacial score (nSPS) is 13.6. The summed E-state index contributed by atoms with van der Waals surface area (Å²) in [4.78, 5) is 26.0. The Labute approximate surface area is 150 Å². The van der Waals surface area contributed by atoms with Crippen molar-refractivity contribution >= 4 is 34.2 Å². The number of para-hydroxylation sites is 1. The monoisotopic (exact) mass is 350 g/mol. The van der Waals surface area contributed by atoms with Crippen LogP contribution in [0.15, 0.2) is 46.9 Å². The maximum absolute atomic E-state index is 12.6. The molecule has 3 aromatic rings. The van der Waals surface area contributed by atoms with Crippen molar-refractivity contribution in [1.82, 2.24) is 0 Å². The van der Waals surface area contributed by atoms with Gasteiger partial charge in [0.15, 0.2) is 17.1 Å². The van der Waals surface area contributed by atoms with Crippen LogP contribution in [0.1, 0.15) is 22.5 Å². The van der Waals surface area contributed by atoms with Gasteiger partial charge in [0.25, 0.3) is 5.91 Å². The number of hydrogen-bond acceptors (Lipinski definition) is 4. The lowest BCUT2D eigenvalue weighted by Crippen LogP contribution is -2.31. The average molecular weight is 350 g/mol. The number of nitrogens with zero attached hydrogens (tertiary/aromatic N) is 1. The SMILES string of the molecule is COc1cccc2cc(C(=O)Nc3ccc4c(c3)CCC(=O)N4C)oc12. The molecule has 1 aliphatic heterocycles. The highest BCUT2D eigenvalue weighted by molar-refractivity contribution is 6.05. The summed E-state index contributed by atoms with van der Waals surface area (Å²) >= 11 is 0. The molecule has 0 spiro atoms. The van der Waals surface area contributed by atoms with Gasteiger partial charge in [-0.05, 0) is 42.3 Å². The van der Waals surface area contributed by atoms with E-state index in [-0.39, 0.29) is 17.6 Å². The predicted molar refractivity (Wildman–Crippen MR) is 98.9 cm³/mol. The molecule has 2 heterocycles. The fourth-order valence-corrected chi connectivity index (χ4v) is 3.24. The second-order valence-electron chi connectivity index (χ2n) is 6.24. The number of nitrogens with one attached hydrogen (secondary N) is 1. The van der Waals surface area contributed by atoms with Crippen molar-refractivity contribution in [3.05, 3.63) is 53.8 Å². The van der Waals surface area contributed by atoms with Crippen LogP contribution >= 0.6 is 0 Å². The van der Waals surface area contributed by atoms with Crippen molar-refractivity contribution in [2.75, 3.05) is 24.4 Å². The maximum Gasteiger partial charge on any atom is 0.291 e. The molecule has 2 aromatic carbocycles. The number of amides is 2. The van der Waals surface area contributed by atoms with Crippen LogP contribution in [0, 0.1) is 0 Å². The summed E-state index contributed by atoms with van der Waals surface area (Å²) in [6, 6.07) is 12.7. The zero-order chi connectivity index (χ0) is 18.3. The predicted octanol–water partition coefficient (Wildman–Crippen LogP) is 3.60. The van der Waals surface area contributed by atoms with Crippen LogP contribution < -0.4 is 15.0 Å². The van der Waals surface area contributed by atoms with E-state index >= 15 is 0 Å². The first kappa shape index (κ1) is 16.2. The number of benzene rings is 2. The number of aryl methyl sites for hydroxylation is 1. The summed E-state index contributed by atoms with van der Waals surface area (Å²) in [5.41, 5.74) is 3.14. The third kappa shape index (κ3) is 2.69. The van der Waals surface area contributed by atoms with E-state index in [1.807, 2.05) is 24.3 Å². The van der Waals surface area contributed by atoms with E-state index < -0.39 is 0 Å². The fourth-order valence-electron chi connectivity index (χ4n) is 3.24. The summed E-state index contributed by atoms with van der Waals surface area (Å²) in [6.07, 6.45) is 1.15. The number of furan rings is 1. The third-order valence-corrected chi connectivity index (χ3v) is 4.63. The van der Waals surface area contributed by atoms with Gasteiger partial charge in [-0.25, -0.2) is 0 Å². The molecule has 4 rings (SSSR count). The van der Waals surface area contributed by atoms with Gasteiger partial charge in [-0.1, -0.05) is 12.1 Å². The lowest BCUT2D eigenvalue weighted by Gasteiger charge is -2.26. The van der Waals surface area contributed by atoms with Gasteiger partial charge in [-0.3, -0.25) is 9.59 Å². The molecule has 2 amide bonds. The number of rotatable bonds is 3. The van der Waals surface area contributed by atoms with Crippen LogP contribution in [-0.2, 0) is 11.2 Å². The molecule has 1 N–H and O–H groups in total. The minimum Gasteiger partial charge on any atom is -0.493 e. The van der Waals surface area contributed by atoms with Crippen LogP contribution in [0.4, 0.5) is 11.4 Å². The second-order valence-corrected chi connectivity index (χ2v) is 6.24. The molecular formula is C20H18N2O4. The number of carbonyl (C=O) groups excluding carboxylic acids is 2. The van der Waals surface area contributed by atoms with E-state index in [9.17, 15) is 9.59 Å². The summed E-state index contributed by atoms with van der Waals surface area (Å²) in [5.74, 6) is 0.575. The topological polar surface area (TPSA) is 71.8 Å². The first-order chi connectivity index (χ1) is 12.6. The van der Waals surface area contributed by atoms with Crippen molar-refractivity contribution < 1.29 is 18.7 Å². The smallest absolute Gasteiger partial charge is 0.291 e. The van der Waals surface area contributed by atoms with E-state index in [0.717, 1.165) is 16.6 Å². The Balaban J connectivity index is 1.60. The lowest BCUT2D eigenvalue weighted by molar-refractivity contribution is -0.118. The number of anilines is 2. The Morgan fingerprint density at radius 2 is 2.04 bits per heavy atom. The number of fused-ring (bicyclic) bond motifs is 2. The Morgan fingerprint density at radius 3 is 2.85 bits per heavy atom. The van der Waals surface area contributed by atoms with E-state index in [2.05, 4.69) is 5.32 Å². The molecule has 0 unspecified atom stereocenters. The molecule has 6 nitrogen and oxygen atoms in total. The molecule has 0 fully saturated rings. The molecule has 0 aliphatic carbocycles. The van der Waals surface area contributed by atoms with Gasteiger partial charge in [0, 0.05) is 30.2 Å². The molecule has 0 radical (unpaired) electrons. The highest BCUT2D eigenvalue weighted by Crippen LogP contribution is 2.31. The van der Waals surface area contributed by atoms with Gasteiger partial charge >= 0.3 is 0 Å². The fraction of sp³-hybridized carbons (Fsp3) is 0.200. The van der Waals surface area contributed by atoms with E-state index in [1.165, 1.54) is 0 Å². The molecule has 0 saturated heterocycles. The summed E-state index contributed by atoms with van der Waals surface area (Å²) in [5, 5.41) is 3.66. The molecule has 1 aliphatic rings. The number of ether oxygens (including phenoxy) is 1. The summed E-state index contributed by atoms with van der Waals surface area (Å²) < 4.78 is 10.9. The van der Waals surface area contributed by atoms with Gasteiger partial charge < -0.3 is 19.4 Å². The van der Waals surface area contributed by atoms with Crippen LogP contribution in [0.3, 0.4) is 0 Å². The van der Waals surface area contributed by atoms with Crippen LogP contribution in [0.5, 0.6) is 5.75 Å². The minimum atomic E-state index is -0.330. The second kappa shape index (κ2) is 6.22. The van der Waals surface area contributed by atoms with Gasteiger partial charge in [0.1, 0.15) is 0 Å². The Morgan fingerprint density at radius 1 is 1.19 bits per heavy atom. The van der Waals surface area contributed by atoms with Gasteiger partial charge in [0.2, 0.25) is 5.91 Å². The largest absolute Gasteiger partial charge is 0.493 e. The lowest BCUT2D eigenvalue weighted by atomic mass is 10.0. The zero-order valence-electron chi connectivity index (χ0n) is 14.5.